The highest BCUT2D eigenvalue weighted by atomic mass is 16.5. The number of anilines is 1. The van der Waals surface area contributed by atoms with E-state index in [2.05, 4.69) is 27.8 Å². The van der Waals surface area contributed by atoms with Crippen molar-refractivity contribution in [2.24, 2.45) is 0 Å². The van der Waals surface area contributed by atoms with Gasteiger partial charge in [-0.1, -0.05) is 36.3 Å². The number of ether oxygens (including phenoxy) is 1. The molecule has 142 valence electrons. The molecule has 0 aliphatic carbocycles. The van der Waals surface area contributed by atoms with E-state index in [-0.39, 0.29) is 23.0 Å². The van der Waals surface area contributed by atoms with Crippen molar-refractivity contribution in [1.29, 1.82) is 0 Å². The van der Waals surface area contributed by atoms with Crippen LogP contribution in [0.5, 0.6) is 0 Å². The largest absolute Gasteiger partial charge is 0.464 e. The first-order chi connectivity index (χ1) is 13.6. The number of hydrogen-bond donors (Lipinski definition) is 1. The SMILES string of the molecule is CCc1ccc([C@H]2C(C(=O)c3ccco3)=C(C(=O)OC)Nc3nnnn32)cc1. The Balaban J connectivity index is 1.93. The number of carbonyl (C=O) groups is 2. The van der Waals surface area contributed by atoms with Crippen LogP contribution >= 0.6 is 0 Å². The molecule has 3 aromatic rings. The Morgan fingerprint density at radius 2 is 2.04 bits per heavy atom. The number of nitrogens with zero attached hydrogens (tertiary/aromatic N) is 4. The normalized spacial score (nSPS) is 15.7. The summed E-state index contributed by atoms with van der Waals surface area (Å²) in [6.07, 6.45) is 2.28. The number of furan rings is 1. The second-order valence-electron chi connectivity index (χ2n) is 6.16. The minimum atomic E-state index is -0.719. The Bertz CT molecular complexity index is 1050. The van der Waals surface area contributed by atoms with E-state index in [9.17, 15) is 9.59 Å². The second kappa shape index (κ2) is 7.10. The standard InChI is InChI=1S/C19H17N5O4/c1-3-11-6-8-12(9-7-11)16-14(17(25)13-5-4-10-28-13)15(18(26)27-2)20-19-21-22-23-24(16)19/h4-10,16H,3H2,1-2H3,(H,20,21,23)/t16-/m0/s1. The number of fused-ring (bicyclic) bond motifs is 1. The lowest BCUT2D eigenvalue weighted by Gasteiger charge is -2.27. The highest BCUT2D eigenvalue weighted by Gasteiger charge is 2.39. The summed E-state index contributed by atoms with van der Waals surface area (Å²) in [6, 6.07) is 10.1. The van der Waals surface area contributed by atoms with E-state index in [1.165, 1.54) is 24.1 Å². The van der Waals surface area contributed by atoms with Crippen LogP contribution in [0.25, 0.3) is 0 Å². The number of hydrogen-bond acceptors (Lipinski definition) is 8. The zero-order valence-corrected chi connectivity index (χ0v) is 15.2. The Morgan fingerprint density at radius 3 is 2.68 bits per heavy atom. The zero-order chi connectivity index (χ0) is 19.7. The number of esters is 1. The topological polar surface area (TPSA) is 112 Å². The fourth-order valence-corrected chi connectivity index (χ4v) is 3.17. The molecule has 9 heteroatoms. The van der Waals surface area contributed by atoms with Gasteiger partial charge in [-0.25, -0.2) is 4.79 Å². The fraction of sp³-hybridized carbons (Fsp3) is 0.211. The summed E-state index contributed by atoms with van der Waals surface area (Å²) in [5, 5.41) is 14.4. The van der Waals surface area contributed by atoms with Crippen LogP contribution in [0.3, 0.4) is 0 Å². The van der Waals surface area contributed by atoms with Crippen LogP contribution in [0.1, 0.15) is 34.6 Å². The molecule has 0 bridgehead atoms. The van der Waals surface area contributed by atoms with Crippen molar-refractivity contribution in [3.63, 3.8) is 0 Å². The monoisotopic (exact) mass is 379 g/mol. The molecule has 0 spiro atoms. The molecule has 0 fully saturated rings. The molecule has 0 radical (unpaired) electrons. The smallest absolute Gasteiger partial charge is 0.355 e. The molecule has 1 N–H and O–H groups in total. The van der Waals surface area contributed by atoms with Gasteiger partial charge in [0.15, 0.2) is 5.76 Å². The van der Waals surface area contributed by atoms with Crippen LogP contribution in [0.2, 0.25) is 0 Å². The van der Waals surface area contributed by atoms with Crippen LogP contribution in [0, 0.1) is 0 Å². The van der Waals surface area contributed by atoms with E-state index in [0.29, 0.717) is 0 Å². The average Bonchev–Trinajstić information content (AvgIpc) is 3.43. The molecule has 0 amide bonds. The molecule has 2 aromatic heterocycles. The zero-order valence-electron chi connectivity index (χ0n) is 15.2. The van der Waals surface area contributed by atoms with E-state index in [1.807, 2.05) is 24.3 Å². The van der Waals surface area contributed by atoms with Gasteiger partial charge in [0.2, 0.25) is 11.7 Å². The Kier molecular flexibility index (Phi) is 4.48. The van der Waals surface area contributed by atoms with E-state index < -0.39 is 17.8 Å². The molecule has 0 saturated heterocycles. The number of benzene rings is 1. The number of aryl methyl sites for hydroxylation is 1. The van der Waals surface area contributed by atoms with Crippen LogP contribution in [0.15, 0.2) is 58.3 Å². The van der Waals surface area contributed by atoms with Crippen molar-refractivity contribution in [2.45, 2.75) is 19.4 Å². The summed E-state index contributed by atoms with van der Waals surface area (Å²) in [5.41, 5.74) is 2.02. The highest BCUT2D eigenvalue weighted by molar-refractivity contribution is 6.13. The molecule has 28 heavy (non-hydrogen) atoms. The maximum Gasteiger partial charge on any atom is 0.355 e. The molecule has 3 heterocycles. The molecule has 9 nitrogen and oxygen atoms in total. The lowest BCUT2D eigenvalue weighted by molar-refractivity contribution is -0.136. The molecule has 1 aromatic carbocycles. The number of aromatic nitrogens is 4. The first-order valence-corrected chi connectivity index (χ1v) is 8.68. The Morgan fingerprint density at radius 1 is 1.25 bits per heavy atom. The third-order valence-electron chi connectivity index (χ3n) is 4.60. The summed E-state index contributed by atoms with van der Waals surface area (Å²) in [4.78, 5) is 25.7. The van der Waals surface area contributed by atoms with Gasteiger partial charge in [0.1, 0.15) is 11.7 Å². The van der Waals surface area contributed by atoms with Crippen LogP contribution < -0.4 is 5.32 Å². The summed E-state index contributed by atoms with van der Waals surface area (Å²) in [6.45, 7) is 2.06. The summed E-state index contributed by atoms with van der Waals surface area (Å²) >= 11 is 0. The second-order valence-corrected chi connectivity index (χ2v) is 6.16. The number of Topliss-reactive ketones (excluding diaryl/α,β-unsaturated/α-hetero) is 1. The van der Waals surface area contributed by atoms with E-state index in [0.717, 1.165) is 17.5 Å². The number of rotatable bonds is 5. The molecule has 1 atom stereocenters. The first-order valence-electron chi connectivity index (χ1n) is 8.68. The Labute approximate surface area is 160 Å². The van der Waals surface area contributed by atoms with Gasteiger partial charge in [-0.15, -0.1) is 0 Å². The lowest BCUT2D eigenvalue weighted by atomic mass is 9.90. The number of carbonyl (C=O) groups excluding carboxylic acids is 2. The maximum absolute atomic E-state index is 13.2. The van der Waals surface area contributed by atoms with Crippen molar-refractivity contribution in [3.05, 3.63) is 70.8 Å². The molecule has 4 rings (SSSR count). The molecule has 0 saturated carbocycles. The minimum absolute atomic E-state index is 0.0178. The maximum atomic E-state index is 13.2. The van der Waals surface area contributed by atoms with Gasteiger partial charge in [-0.2, -0.15) is 4.68 Å². The number of allylic oxidation sites excluding steroid dienone is 1. The minimum Gasteiger partial charge on any atom is -0.464 e. The fourth-order valence-electron chi connectivity index (χ4n) is 3.17. The van der Waals surface area contributed by atoms with Crippen molar-refractivity contribution >= 4 is 17.7 Å². The summed E-state index contributed by atoms with van der Waals surface area (Å²) in [5.74, 6) is -0.811. The molecule has 0 unspecified atom stereocenters. The molecule has 1 aliphatic rings. The molecular weight excluding hydrogens is 362 g/mol. The van der Waals surface area contributed by atoms with Gasteiger partial charge in [-0.3, -0.25) is 4.79 Å². The number of ketones is 1. The third kappa shape index (κ3) is 2.86. The van der Waals surface area contributed by atoms with Crippen molar-refractivity contribution in [1.82, 2.24) is 20.2 Å². The van der Waals surface area contributed by atoms with Gasteiger partial charge >= 0.3 is 5.97 Å². The van der Waals surface area contributed by atoms with E-state index in [4.69, 9.17) is 9.15 Å². The first kappa shape index (κ1) is 17.7. The number of tetrazole rings is 1. The van der Waals surface area contributed by atoms with Crippen molar-refractivity contribution in [2.75, 3.05) is 12.4 Å². The van der Waals surface area contributed by atoms with Gasteiger partial charge in [0.25, 0.3) is 0 Å². The van der Waals surface area contributed by atoms with Gasteiger partial charge < -0.3 is 14.5 Å². The quantitative estimate of drug-likeness (QED) is 0.530. The van der Waals surface area contributed by atoms with Gasteiger partial charge in [0, 0.05) is 0 Å². The highest BCUT2D eigenvalue weighted by Crippen LogP contribution is 2.36. The van der Waals surface area contributed by atoms with Crippen LogP contribution in [-0.4, -0.2) is 39.1 Å². The van der Waals surface area contributed by atoms with Crippen molar-refractivity contribution < 1.29 is 18.7 Å². The predicted molar refractivity (Wildman–Crippen MR) is 97.5 cm³/mol. The van der Waals surface area contributed by atoms with E-state index >= 15 is 0 Å². The van der Waals surface area contributed by atoms with Crippen LogP contribution in [0.4, 0.5) is 5.95 Å². The third-order valence-corrected chi connectivity index (χ3v) is 4.60. The molecule has 1 aliphatic heterocycles. The average molecular weight is 379 g/mol. The molecular formula is C19H17N5O4. The van der Waals surface area contributed by atoms with Crippen molar-refractivity contribution in [3.8, 4) is 0 Å². The van der Waals surface area contributed by atoms with Gasteiger partial charge in [-0.05, 0) is 40.1 Å². The van der Waals surface area contributed by atoms with Crippen LogP contribution in [-0.2, 0) is 16.0 Å². The predicted octanol–water partition coefficient (Wildman–Crippen LogP) is 2.15. The van der Waals surface area contributed by atoms with E-state index in [1.54, 1.807) is 6.07 Å². The summed E-state index contributed by atoms with van der Waals surface area (Å²) in [7, 11) is 1.24. The summed E-state index contributed by atoms with van der Waals surface area (Å²) < 4.78 is 11.6. The van der Waals surface area contributed by atoms with Gasteiger partial charge in [0.05, 0.1) is 18.9 Å². The Hall–Kier alpha value is -3.75. The number of methoxy groups -OCH3 is 1. The lowest BCUT2D eigenvalue weighted by Crippen LogP contribution is -2.32. The number of nitrogens with one attached hydrogen (secondary N) is 1.